The molecule has 0 amide bonds. The van der Waals surface area contributed by atoms with Crippen molar-refractivity contribution in [3.63, 3.8) is 0 Å². The second kappa shape index (κ2) is 21.2. The van der Waals surface area contributed by atoms with Gasteiger partial charge in [-0.1, -0.05) is 55.4 Å². The summed E-state index contributed by atoms with van der Waals surface area (Å²) in [4.78, 5) is 0. The van der Waals surface area contributed by atoms with Gasteiger partial charge in [0.1, 0.15) is 0 Å². The first kappa shape index (κ1) is 33.5. The fraction of sp³-hybridized carbons (Fsp3) is 0.391. The van der Waals surface area contributed by atoms with Crippen molar-refractivity contribution in [2.45, 2.75) is 53.9 Å². The smallest absolute Gasteiger partial charge is 0 e. The summed E-state index contributed by atoms with van der Waals surface area (Å²) in [6.45, 7) is 24.5. The van der Waals surface area contributed by atoms with Crippen molar-refractivity contribution in [3.05, 3.63) is 78.7 Å². The van der Waals surface area contributed by atoms with Crippen LogP contribution in [0.1, 0.15) is 53.9 Å². The van der Waals surface area contributed by atoms with Gasteiger partial charge in [-0.15, -0.1) is 0 Å². The van der Waals surface area contributed by atoms with Crippen LogP contribution in [0.15, 0.2) is 58.7 Å². The van der Waals surface area contributed by atoms with Crippen molar-refractivity contribution < 1.29 is 31.0 Å². The zero-order valence-corrected chi connectivity index (χ0v) is 18.2. The number of nitriles is 1. The quantitative estimate of drug-likeness (QED) is 0.182. The monoisotopic (exact) mass is 421 g/mol. The zero-order valence-electron chi connectivity index (χ0n) is 17.1. The molecule has 0 saturated carbocycles. The maximum Gasteiger partial charge on any atom is 0 e. The average Bonchev–Trinajstić information content (AvgIpc) is 2.66. The van der Waals surface area contributed by atoms with Crippen LogP contribution in [-0.2, 0) is 31.0 Å². The van der Waals surface area contributed by atoms with Gasteiger partial charge in [0.05, 0.1) is 6.07 Å². The average molecular weight is 421 g/mol. The maximum atomic E-state index is 8.56. The van der Waals surface area contributed by atoms with Gasteiger partial charge in [0.25, 0.3) is 0 Å². The number of nitrogens with zero attached hydrogens (tertiary/aromatic N) is 1. The van der Waals surface area contributed by atoms with Crippen LogP contribution in [0.5, 0.6) is 0 Å². The van der Waals surface area contributed by atoms with Crippen LogP contribution in [0.3, 0.4) is 0 Å². The fourth-order valence-electron chi connectivity index (χ4n) is 2.78. The molecule has 0 aliphatic heterocycles. The van der Waals surface area contributed by atoms with E-state index in [1.807, 2.05) is 25.1 Å². The number of rotatable bonds is 4. The summed E-state index contributed by atoms with van der Waals surface area (Å²) in [5, 5.41) is 8.56. The van der Waals surface area contributed by atoms with Crippen molar-refractivity contribution in [1.29, 1.82) is 5.26 Å². The Morgan fingerprint density at radius 1 is 1.04 bits per heavy atom. The Balaban J connectivity index is -0.000000374. The third kappa shape index (κ3) is 15.0. The predicted molar refractivity (Wildman–Crippen MR) is 104 cm³/mol. The maximum absolute atomic E-state index is 8.56. The molecule has 0 aromatic carbocycles. The van der Waals surface area contributed by atoms with E-state index in [0.717, 1.165) is 5.57 Å². The molecular weight excluding hydrogens is 394 g/mol. The van der Waals surface area contributed by atoms with Gasteiger partial charge in [-0.05, 0) is 56.6 Å². The summed E-state index contributed by atoms with van der Waals surface area (Å²) in [7, 11) is 0. The molecule has 4 nitrogen and oxygen atoms in total. The van der Waals surface area contributed by atoms with E-state index in [1.165, 1.54) is 36.0 Å². The third-order valence-electron chi connectivity index (χ3n) is 4.07. The molecule has 0 N–H and O–H groups in total. The van der Waals surface area contributed by atoms with Gasteiger partial charge in [-0.2, -0.15) is 5.26 Å². The van der Waals surface area contributed by atoms with Crippen molar-refractivity contribution in [1.82, 2.24) is 0 Å². The summed E-state index contributed by atoms with van der Waals surface area (Å²) in [5.74, 6) is 0. The summed E-state index contributed by atoms with van der Waals surface area (Å²) < 4.78 is 22.5. The van der Waals surface area contributed by atoms with E-state index in [4.69, 9.17) is 19.2 Å². The van der Waals surface area contributed by atoms with Gasteiger partial charge in [0, 0.05) is 23.1 Å². The van der Waals surface area contributed by atoms with Gasteiger partial charge in [-0.3, -0.25) is 0 Å². The Hall–Kier alpha value is -2.07. The van der Waals surface area contributed by atoms with E-state index in [9.17, 15) is 0 Å². The van der Waals surface area contributed by atoms with Crippen LogP contribution >= 0.6 is 0 Å². The van der Waals surface area contributed by atoms with Crippen LogP contribution < -0.4 is 0 Å². The van der Waals surface area contributed by atoms with Crippen LogP contribution in [0.4, 0.5) is 0 Å². The molecule has 1 aliphatic carbocycles. The van der Waals surface area contributed by atoms with E-state index in [-0.39, 0.29) is 17.1 Å². The third-order valence-corrected chi connectivity index (χ3v) is 4.07. The predicted octanol–water partition coefficient (Wildman–Crippen LogP) is 5.93. The summed E-state index contributed by atoms with van der Waals surface area (Å²) in [6.07, 6.45) is 15.9. The van der Waals surface area contributed by atoms with Crippen molar-refractivity contribution in [2.75, 3.05) is 0 Å². The van der Waals surface area contributed by atoms with Gasteiger partial charge < -0.3 is 0 Å². The van der Waals surface area contributed by atoms with E-state index in [1.54, 1.807) is 6.08 Å². The van der Waals surface area contributed by atoms with Crippen LogP contribution in [0.25, 0.3) is 0 Å². The Morgan fingerprint density at radius 3 is 2.04 bits per heavy atom. The molecule has 1 rings (SSSR count). The molecule has 0 spiro atoms. The number of allylic oxidation sites excluding steroid dienone is 10. The normalized spacial score (nSPS) is 15.5. The summed E-state index contributed by atoms with van der Waals surface area (Å²) in [6, 6.07) is 2.03. The summed E-state index contributed by atoms with van der Waals surface area (Å²) in [5.41, 5.74) is 5.50. The topological polar surface area (TPSA) is 83.5 Å². The van der Waals surface area contributed by atoms with Gasteiger partial charge in [-0.25, -0.2) is 0 Å². The largest absolute Gasteiger partial charge is 0 e. The van der Waals surface area contributed by atoms with Gasteiger partial charge in [0.2, 0.25) is 0 Å². The molecule has 0 radical (unpaired) electrons. The molecule has 0 bridgehead atoms. The molecular formula is C23H27FeNO3. The van der Waals surface area contributed by atoms with Crippen LogP contribution in [-0.4, -0.2) is 0 Å². The Morgan fingerprint density at radius 2 is 1.57 bits per heavy atom. The first-order valence-corrected chi connectivity index (χ1v) is 8.28. The fourth-order valence-corrected chi connectivity index (χ4v) is 2.78. The van der Waals surface area contributed by atoms with E-state index in [2.05, 4.69) is 65.9 Å². The van der Waals surface area contributed by atoms with E-state index >= 15 is 0 Å². The van der Waals surface area contributed by atoms with E-state index in [0.29, 0.717) is 5.41 Å². The molecule has 0 fully saturated rings. The van der Waals surface area contributed by atoms with Crippen molar-refractivity contribution >= 4 is 0 Å². The molecule has 0 heterocycles. The minimum absolute atomic E-state index is 0. The van der Waals surface area contributed by atoms with Crippen molar-refractivity contribution in [3.8, 4) is 6.07 Å². The number of hydrogen-bond donors (Lipinski definition) is 0. The van der Waals surface area contributed by atoms with E-state index < -0.39 is 0 Å². The standard InChI is InChI=1S/C20H27N.3CO.Fe/c1-16(8-6-9-17(2)13-15-21)11-12-19-18(3)10-7-14-20(19,4)5;3*1-2;/h6,8-9,11-13H,7,10,14H2,1-5H3;;;;/b9-6-,12-11+,16-8+,17-13+;;;;. The zero-order chi connectivity index (χ0) is 21.9. The van der Waals surface area contributed by atoms with Gasteiger partial charge >= 0.3 is 33.9 Å². The van der Waals surface area contributed by atoms with Crippen molar-refractivity contribution in [2.24, 2.45) is 5.41 Å². The minimum Gasteiger partial charge on any atom is 0 e. The van der Waals surface area contributed by atoms with Crippen LogP contribution in [0.2, 0.25) is 0 Å². The summed E-state index contributed by atoms with van der Waals surface area (Å²) >= 11 is 0. The first-order chi connectivity index (χ1) is 12.9. The molecule has 0 unspecified atom stereocenters. The molecule has 28 heavy (non-hydrogen) atoms. The molecule has 0 aromatic heterocycles. The first-order valence-electron chi connectivity index (χ1n) is 8.28. The number of hydrogen-bond acceptors (Lipinski definition) is 1. The second-order valence-electron chi connectivity index (χ2n) is 6.55. The molecule has 0 aromatic rings. The Kier molecular flexibility index (Phi) is 25.4. The molecule has 5 heteroatoms. The molecule has 0 atom stereocenters. The Bertz CT molecular complexity index is 679. The van der Waals surface area contributed by atoms with Gasteiger partial charge in [0.15, 0.2) is 0 Å². The minimum atomic E-state index is 0. The molecule has 1 aliphatic rings. The molecule has 150 valence electrons. The Labute approximate surface area is 180 Å². The second-order valence-corrected chi connectivity index (χ2v) is 6.55. The van der Waals surface area contributed by atoms with Crippen LogP contribution in [0, 0.1) is 36.7 Å². The SMILES string of the molecule is CC1=C(/C=C/C(C)=C/C=C\C(C)=C\C#N)C(C)(C)CCC1.[C-]#[O+].[C-]#[O+].[C-]#[O+].[Fe]. The molecule has 0 saturated heterocycles.